The van der Waals surface area contributed by atoms with Crippen LogP contribution in [0.15, 0.2) is 42.7 Å². The monoisotopic (exact) mass is 385 g/mol. The molecule has 0 radical (unpaired) electrons. The zero-order valence-electron chi connectivity index (χ0n) is 14.9. The fraction of sp³-hybridized carbons (Fsp3) is 0.316. The van der Waals surface area contributed by atoms with Crippen molar-refractivity contribution in [3.8, 4) is 5.75 Å². The number of hydrogen-bond acceptors (Lipinski definition) is 4. The van der Waals surface area contributed by atoms with E-state index in [1.54, 1.807) is 36.3 Å². The Bertz CT molecular complexity index is 934. The minimum Gasteiger partial charge on any atom is -0.487 e. The molecule has 1 saturated heterocycles. The maximum absolute atomic E-state index is 12.5. The molecular formula is C19H20ClN5O2. The number of halogens is 1. The molecule has 7 nitrogen and oxygen atoms in total. The zero-order chi connectivity index (χ0) is 18.8. The smallest absolute Gasteiger partial charge is 0.257 e. The summed E-state index contributed by atoms with van der Waals surface area (Å²) < 4.78 is 7.38. The van der Waals surface area contributed by atoms with Crippen LogP contribution >= 0.6 is 11.6 Å². The van der Waals surface area contributed by atoms with Crippen molar-refractivity contribution < 1.29 is 9.53 Å². The van der Waals surface area contributed by atoms with Crippen molar-refractivity contribution in [2.75, 3.05) is 13.1 Å². The molecule has 1 fully saturated rings. The predicted molar refractivity (Wildman–Crippen MR) is 101 cm³/mol. The Morgan fingerprint density at radius 1 is 1.37 bits per heavy atom. The number of carbonyl (C=O) groups excluding carboxylic acids is 1. The van der Waals surface area contributed by atoms with Crippen LogP contribution in [0.25, 0.3) is 0 Å². The molecule has 1 aliphatic heterocycles. The first-order chi connectivity index (χ1) is 13.1. The summed E-state index contributed by atoms with van der Waals surface area (Å²) in [5.74, 6) is 1.00. The number of carbonyl (C=O) groups is 1. The Hall–Kier alpha value is -2.80. The Balaban J connectivity index is 1.34. The van der Waals surface area contributed by atoms with Gasteiger partial charge in [0.05, 0.1) is 23.1 Å². The molecule has 3 heterocycles. The lowest BCUT2D eigenvalue weighted by Gasteiger charge is -2.14. The van der Waals surface area contributed by atoms with Crippen LogP contribution in [0.2, 0.25) is 5.02 Å². The van der Waals surface area contributed by atoms with Crippen molar-refractivity contribution in [3.63, 3.8) is 0 Å². The van der Waals surface area contributed by atoms with E-state index < -0.39 is 0 Å². The first-order valence-electron chi connectivity index (χ1n) is 8.79. The maximum Gasteiger partial charge on any atom is 0.257 e. The molecule has 8 heteroatoms. The van der Waals surface area contributed by atoms with Crippen molar-refractivity contribution in [2.24, 2.45) is 7.05 Å². The van der Waals surface area contributed by atoms with Gasteiger partial charge in [0.25, 0.3) is 5.91 Å². The first kappa shape index (κ1) is 17.6. The van der Waals surface area contributed by atoms with Gasteiger partial charge in [0.2, 0.25) is 0 Å². The molecule has 0 bridgehead atoms. The molecule has 1 N–H and O–H groups in total. The van der Waals surface area contributed by atoms with Crippen molar-refractivity contribution in [2.45, 2.75) is 18.9 Å². The number of aromatic nitrogens is 4. The number of aryl methyl sites for hydroxylation is 1. The van der Waals surface area contributed by atoms with Gasteiger partial charge in [0, 0.05) is 37.3 Å². The van der Waals surface area contributed by atoms with E-state index >= 15 is 0 Å². The number of benzene rings is 1. The average molecular weight is 386 g/mol. The average Bonchev–Trinajstić information content (AvgIpc) is 3.41. The van der Waals surface area contributed by atoms with Gasteiger partial charge in [-0.3, -0.25) is 14.6 Å². The number of hydrogen-bond donors (Lipinski definition) is 1. The van der Waals surface area contributed by atoms with Crippen molar-refractivity contribution in [3.05, 3.63) is 64.7 Å². The van der Waals surface area contributed by atoms with E-state index in [2.05, 4.69) is 15.3 Å². The van der Waals surface area contributed by atoms with Gasteiger partial charge in [-0.15, -0.1) is 0 Å². The Kier molecular flexibility index (Phi) is 4.85. The molecule has 0 spiro atoms. The van der Waals surface area contributed by atoms with Crippen molar-refractivity contribution in [1.82, 2.24) is 24.9 Å². The number of H-pyrrole nitrogens is 1. The van der Waals surface area contributed by atoms with E-state index in [1.807, 2.05) is 23.1 Å². The molecule has 0 aliphatic carbocycles. The highest BCUT2D eigenvalue weighted by molar-refractivity contribution is 6.30. The van der Waals surface area contributed by atoms with Crippen LogP contribution in [-0.4, -0.2) is 43.9 Å². The van der Waals surface area contributed by atoms with E-state index in [0.717, 1.165) is 30.1 Å². The second-order valence-electron chi connectivity index (χ2n) is 6.70. The van der Waals surface area contributed by atoms with Gasteiger partial charge in [0.15, 0.2) is 0 Å². The van der Waals surface area contributed by atoms with Crippen LogP contribution in [0.4, 0.5) is 0 Å². The highest BCUT2D eigenvalue weighted by atomic mass is 35.5. The summed E-state index contributed by atoms with van der Waals surface area (Å²) in [5, 5.41) is 12.2. The second kappa shape index (κ2) is 7.44. The quantitative estimate of drug-likeness (QED) is 0.732. The highest BCUT2D eigenvalue weighted by Crippen LogP contribution is 2.27. The van der Waals surface area contributed by atoms with Crippen LogP contribution in [0.3, 0.4) is 0 Å². The number of aromatic amines is 1. The molecule has 0 unspecified atom stereocenters. The molecule has 1 aromatic carbocycles. The number of amides is 1. The minimum atomic E-state index is 0.0208. The lowest BCUT2D eigenvalue weighted by Crippen LogP contribution is -2.28. The topological polar surface area (TPSA) is 76.0 Å². The molecule has 140 valence electrons. The summed E-state index contributed by atoms with van der Waals surface area (Å²) in [6.45, 7) is 1.79. The van der Waals surface area contributed by atoms with Crippen LogP contribution in [0.5, 0.6) is 5.75 Å². The lowest BCUT2D eigenvalue weighted by molar-refractivity contribution is 0.0790. The number of ether oxygens (including phenoxy) is 1. The summed E-state index contributed by atoms with van der Waals surface area (Å²) in [7, 11) is 1.81. The van der Waals surface area contributed by atoms with E-state index in [-0.39, 0.29) is 11.8 Å². The van der Waals surface area contributed by atoms with Gasteiger partial charge in [-0.2, -0.15) is 10.2 Å². The van der Waals surface area contributed by atoms with Crippen LogP contribution in [0.1, 0.15) is 34.1 Å². The van der Waals surface area contributed by atoms with Gasteiger partial charge in [-0.1, -0.05) is 11.6 Å². The van der Waals surface area contributed by atoms with Crippen LogP contribution < -0.4 is 4.74 Å². The predicted octanol–water partition coefficient (Wildman–Crippen LogP) is 3.01. The zero-order valence-corrected chi connectivity index (χ0v) is 15.7. The maximum atomic E-state index is 12.5. The minimum absolute atomic E-state index is 0.0208. The van der Waals surface area contributed by atoms with Gasteiger partial charge in [-0.05, 0) is 36.8 Å². The number of nitrogens with zero attached hydrogens (tertiary/aromatic N) is 4. The molecule has 27 heavy (non-hydrogen) atoms. The summed E-state index contributed by atoms with van der Waals surface area (Å²) in [4.78, 5) is 14.4. The fourth-order valence-electron chi connectivity index (χ4n) is 3.25. The fourth-order valence-corrected chi connectivity index (χ4v) is 3.38. The molecule has 2 aromatic heterocycles. The molecule has 1 aliphatic rings. The molecule has 1 amide bonds. The third kappa shape index (κ3) is 3.98. The van der Waals surface area contributed by atoms with E-state index in [0.29, 0.717) is 23.7 Å². The van der Waals surface area contributed by atoms with E-state index in [4.69, 9.17) is 16.3 Å². The van der Waals surface area contributed by atoms with E-state index in [9.17, 15) is 4.79 Å². The first-order valence-corrected chi connectivity index (χ1v) is 9.17. The highest BCUT2D eigenvalue weighted by Gasteiger charge is 2.30. The number of likely N-dealkylation sites (tertiary alicyclic amines) is 1. The lowest BCUT2D eigenvalue weighted by atomic mass is 10.1. The summed E-state index contributed by atoms with van der Waals surface area (Å²) in [6.07, 6.45) is 4.25. The Labute approximate surface area is 161 Å². The van der Waals surface area contributed by atoms with Gasteiger partial charge in [-0.25, -0.2) is 0 Å². The Morgan fingerprint density at radius 2 is 2.19 bits per heavy atom. The molecule has 3 aromatic rings. The van der Waals surface area contributed by atoms with Crippen LogP contribution in [-0.2, 0) is 13.7 Å². The van der Waals surface area contributed by atoms with E-state index in [1.165, 1.54) is 0 Å². The van der Waals surface area contributed by atoms with Gasteiger partial charge < -0.3 is 9.64 Å². The van der Waals surface area contributed by atoms with Crippen LogP contribution in [0, 0.1) is 0 Å². The van der Waals surface area contributed by atoms with Gasteiger partial charge in [0.1, 0.15) is 12.4 Å². The summed E-state index contributed by atoms with van der Waals surface area (Å²) in [6, 6.07) is 9.26. The molecule has 4 rings (SSSR count). The second-order valence-corrected chi connectivity index (χ2v) is 7.14. The molecule has 0 saturated carbocycles. The SMILES string of the molecule is Cn1cc(C(=O)N2CC[C@@H](c3cc(COc4ccc(Cl)cc4)[nH]n3)C2)cn1. The Morgan fingerprint density at radius 3 is 2.93 bits per heavy atom. The summed E-state index contributed by atoms with van der Waals surface area (Å²) >= 11 is 5.87. The van der Waals surface area contributed by atoms with Crippen molar-refractivity contribution >= 4 is 17.5 Å². The third-order valence-electron chi connectivity index (χ3n) is 4.70. The standard InChI is InChI=1S/C19H20ClN5O2/c1-24-10-14(9-21-24)19(26)25-7-6-13(11-25)18-8-16(22-23-18)12-27-17-4-2-15(20)3-5-17/h2-5,8-10,13H,6-7,11-12H2,1H3,(H,22,23)/t13-/m1/s1. The molecule has 1 atom stereocenters. The number of rotatable bonds is 5. The van der Waals surface area contributed by atoms with Gasteiger partial charge >= 0.3 is 0 Å². The largest absolute Gasteiger partial charge is 0.487 e. The third-order valence-corrected chi connectivity index (χ3v) is 4.96. The number of nitrogens with one attached hydrogen (secondary N) is 1. The molecular weight excluding hydrogens is 366 g/mol. The summed E-state index contributed by atoms with van der Waals surface area (Å²) in [5.41, 5.74) is 2.49. The normalized spacial score (nSPS) is 16.7. The van der Waals surface area contributed by atoms with Crippen molar-refractivity contribution in [1.29, 1.82) is 0 Å².